The zero-order valence-corrected chi connectivity index (χ0v) is 19.3. The van der Waals surface area contributed by atoms with Crippen molar-refractivity contribution in [2.75, 3.05) is 13.7 Å². The van der Waals surface area contributed by atoms with Crippen molar-refractivity contribution in [1.82, 2.24) is 5.32 Å². The summed E-state index contributed by atoms with van der Waals surface area (Å²) >= 11 is 0. The summed E-state index contributed by atoms with van der Waals surface area (Å²) in [6.45, 7) is 5.97. The summed E-state index contributed by atoms with van der Waals surface area (Å²) in [6, 6.07) is 10.3. The number of benzene rings is 2. The van der Waals surface area contributed by atoms with Crippen LogP contribution in [-0.2, 0) is 25.5 Å². The average molecular weight is 442 g/mol. The molecule has 1 fully saturated rings. The maximum Gasteiger partial charge on any atom is 0.331 e. The fourth-order valence-electron chi connectivity index (χ4n) is 4.55. The number of hydrogen-bond acceptors (Lipinski definition) is 4. The van der Waals surface area contributed by atoms with Crippen LogP contribution in [0.2, 0.25) is 0 Å². The van der Waals surface area contributed by atoms with Gasteiger partial charge in [0.2, 0.25) is 5.91 Å². The van der Waals surface area contributed by atoms with Gasteiger partial charge in [-0.1, -0.05) is 24.3 Å². The lowest BCUT2D eigenvalue weighted by Crippen LogP contribution is -2.58. The summed E-state index contributed by atoms with van der Waals surface area (Å²) < 4.78 is 24.1. The standard InChI is InChI=1S/C26H32FNO4/c1-5-32-25(30)26(14-12-21(31-4)13-15-26)28-24(29)16-23-17(2)6-11-22(18(23)3)19-7-9-20(27)10-8-19/h6-11,21H,5,12-16H2,1-4H3,(H,28,29)/t21-,26+. The number of nitrogens with one attached hydrogen (secondary N) is 1. The molecule has 1 aliphatic rings. The fourth-order valence-corrected chi connectivity index (χ4v) is 4.55. The van der Waals surface area contributed by atoms with Crippen LogP contribution in [0.1, 0.15) is 49.3 Å². The van der Waals surface area contributed by atoms with Gasteiger partial charge in [0.15, 0.2) is 0 Å². The van der Waals surface area contributed by atoms with Crippen molar-refractivity contribution >= 4 is 11.9 Å². The predicted molar refractivity (Wildman–Crippen MR) is 122 cm³/mol. The average Bonchev–Trinajstić information content (AvgIpc) is 2.78. The second-order valence-corrected chi connectivity index (χ2v) is 8.50. The van der Waals surface area contributed by atoms with Gasteiger partial charge < -0.3 is 14.8 Å². The smallest absolute Gasteiger partial charge is 0.331 e. The third-order valence-electron chi connectivity index (χ3n) is 6.49. The molecule has 0 bridgehead atoms. The molecule has 6 heteroatoms. The largest absolute Gasteiger partial charge is 0.464 e. The van der Waals surface area contributed by atoms with E-state index in [0.29, 0.717) is 25.7 Å². The molecule has 2 aromatic rings. The van der Waals surface area contributed by atoms with E-state index < -0.39 is 5.54 Å². The highest BCUT2D eigenvalue weighted by atomic mass is 19.1. The first-order valence-electron chi connectivity index (χ1n) is 11.2. The third kappa shape index (κ3) is 5.18. The van der Waals surface area contributed by atoms with Gasteiger partial charge in [0.25, 0.3) is 0 Å². The van der Waals surface area contributed by atoms with E-state index in [9.17, 15) is 14.0 Å². The zero-order valence-electron chi connectivity index (χ0n) is 19.3. The lowest BCUT2D eigenvalue weighted by atomic mass is 9.80. The number of halogens is 1. The number of rotatable bonds is 7. The second-order valence-electron chi connectivity index (χ2n) is 8.50. The quantitative estimate of drug-likeness (QED) is 0.635. The van der Waals surface area contributed by atoms with Crippen LogP contribution in [0.4, 0.5) is 4.39 Å². The van der Waals surface area contributed by atoms with Crippen LogP contribution in [0.5, 0.6) is 0 Å². The predicted octanol–water partition coefficient (Wildman–Crippen LogP) is 4.66. The first-order chi connectivity index (χ1) is 15.3. The maximum absolute atomic E-state index is 13.3. The summed E-state index contributed by atoms with van der Waals surface area (Å²) in [6.07, 6.45) is 2.60. The molecule has 1 amide bonds. The maximum atomic E-state index is 13.3. The third-order valence-corrected chi connectivity index (χ3v) is 6.49. The highest BCUT2D eigenvalue weighted by Crippen LogP contribution is 2.32. The van der Waals surface area contributed by atoms with Gasteiger partial charge in [-0.2, -0.15) is 0 Å². The number of methoxy groups -OCH3 is 1. The number of amides is 1. The van der Waals surface area contributed by atoms with Gasteiger partial charge in [0, 0.05) is 7.11 Å². The Kier molecular flexibility index (Phi) is 7.67. The normalized spacial score (nSPS) is 20.6. The number of ether oxygens (including phenoxy) is 2. The van der Waals surface area contributed by atoms with E-state index >= 15 is 0 Å². The van der Waals surface area contributed by atoms with Gasteiger partial charge in [-0.05, 0) is 86.4 Å². The van der Waals surface area contributed by atoms with Crippen LogP contribution < -0.4 is 5.32 Å². The summed E-state index contributed by atoms with van der Waals surface area (Å²) in [7, 11) is 1.67. The van der Waals surface area contributed by atoms with E-state index in [2.05, 4.69) is 5.32 Å². The molecule has 0 aromatic heterocycles. The summed E-state index contributed by atoms with van der Waals surface area (Å²) in [5.41, 5.74) is 3.72. The highest BCUT2D eigenvalue weighted by molar-refractivity contribution is 5.89. The van der Waals surface area contributed by atoms with Crippen molar-refractivity contribution < 1.29 is 23.5 Å². The highest BCUT2D eigenvalue weighted by Gasteiger charge is 2.44. The molecule has 2 aromatic carbocycles. The number of aryl methyl sites for hydroxylation is 1. The van der Waals surface area contributed by atoms with Crippen LogP contribution in [0.15, 0.2) is 36.4 Å². The molecular formula is C26H32FNO4. The van der Waals surface area contributed by atoms with E-state index in [-0.39, 0.29) is 36.8 Å². The number of carbonyl (C=O) groups excluding carboxylic acids is 2. The topological polar surface area (TPSA) is 64.6 Å². The summed E-state index contributed by atoms with van der Waals surface area (Å²) in [5, 5.41) is 3.01. The van der Waals surface area contributed by atoms with Crippen molar-refractivity contribution in [2.45, 2.75) is 64.5 Å². The van der Waals surface area contributed by atoms with Crippen LogP contribution in [-0.4, -0.2) is 37.2 Å². The zero-order chi connectivity index (χ0) is 23.3. The van der Waals surface area contributed by atoms with E-state index in [1.54, 1.807) is 26.2 Å². The van der Waals surface area contributed by atoms with Gasteiger partial charge in [-0.15, -0.1) is 0 Å². The molecular weight excluding hydrogens is 409 g/mol. The number of carbonyl (C=O) groups is 2. The second kappa shape index (κ2) is 10.3. The minimum absolute atomic E-state index is 0.0892. The molecule has 1 aliphatic carbocycles. The van der Waals surface area contributed by atoms with E-state index in [1.807, 2.05) is 26.0 Å². The van der Waals surface area contributed by atoms with Crippen molar-refractivity contribution in [3.8, 4) is 11.1 Å². The van der Waals surface area contributed by atoms with E-state index in [0.717, 1.165) is 27.8 Å². The van der Waals surface area contributed by atoms with Crippen LogP contribution in [0.25, 0.3) is 11.1 Å². The minimum Gasteiger partial charge on any atom is -0.464 e. The Balaban J connectivity index is 1.83. The number of esters is 1. The first-order valence-corrected chi connectivity index (χ1v) is 11.2. The van der Waals surface area contributed by atoms with Gasteiger partial charge >= 0.3 is 5.97 Å². The molecule has 0 radical (unpaired) electrons. The van der Waals surface area contributed by atoms with Crippen molar-refractivity contribution in [2.24, 2.45) is 0 Å². The van der Waals surface area contributed by atoms with Crippen molar-refractivity contribution in [3.63, 3.8) is 0 Å². The van der Waals surface area contributed by atoms with Gasteiger partial charge in [0.05, 0.1) is 19.1 Å². The Labute approximate surface area is 189 Å². The molecule has 0 spiro atoms. The molecule has 0 atom stereocenters. The first kappa shape index (κ1) is 23.9. The monoisotopic (exact) mass is 441 g/mol. The number of hydrogen-bond donors (Lipinski definition) is 1. The molecule has 1 saturated carbocycles. The van der Waals surface area contributed by atoms with Crippen LogP contribution in [0, 0.1) is 19.7 Å². The molecule has 1 N–H and O–H groups in total. The van der Waals surface area contributed by atoms with Gasteiger partial charge in [-0.3, -0.25) is 4.79 Å². The molecule has 5 nitrogen and oxygen atoms in total. The lowest BCUT2D eigenvalue weighted by molar-refractivity contribution is -0.156. The molecule has 3 rings (SSSR count). The van der Waals surface area contributed by atoms with Gasteiger partial charge in [-0.25, -0.2) is 9.18 Å². The molecule has 0 unspecified atom stereocenters. The SMILES string of the molecule is CCOC(=O)[C@]1(NC(=O)Cc2c(C)ccc(-c3ccc(F)cc3)c2C)CC[C@@H](OC)CC1. The Hall–Kier alpha value is -2.73. The summed E-state index contributed by atoms with van der Waals surface area (Å²) in [4.78, 5) is 25.9. The van der Waals surface area contributed by atoms with Gasteiger partial charge in [0.1, 0.15) is 11.4 Å². The molecule has 0 aliphatic heterocycles. The Bertz CT molecular complexity index is 963. The molecule has 172 valence electrons. The lowest BCUT2D eigenvalue weighted by Gasteiger charge is -2.38. The van der Waals surface area contributed by atoms with Crippen LogP contribution >= 0.6 is 0 Å². The van der Waals surface area contributed by atoms with E-state index in [4.69, 9.17) is 9.47 Å². The Morgan fingerprint density at radius 1 is 1.09 bits per heavy atom. The summed E-state index contributed by atoms with van der Waals surface area (Å²) in [5.74, 6) is -0.877. The van der Waals surface area contributed by atoms with Crippen LogP contribution in [0.3, 0.4) is 0 Å². The van der Waals surface area contributed by atoms with Crippen molar-refractivity contribution in [1.29, 1.82) is 0 Å². The molecule has 0 saturated heterocycles. The minimum atomic E-state index is -1.02. The van der Waals surface area contributed by atoms with E-state index in [1.165, 1.54) is 12.1 Å². The molecule has 32 heavy (non-hydrogen) atoms. The Morgan fingerprint density at radius 2 is 1.75 bits per heavy atom. The Morgan fingerprint density at radius 3 is 2.34 bits per heavy atom. The fraction of sp³-hybridized carbons (Fsp3) is 0.462. The van der Waals surface area contributed by atoms with Crippen molar-refractivity contribution in [3.05, 3.63) is 58.9 Å². The molecule has 0 heterocycles.